The highest BCUT2D eigenvalue weighted by molar-refractivity contribution is 8.01. The minimum atomic E-state index is -3.22. The van der Waals surface area contributed by atoms with Crippen LogP contribution in [0, 0.1) is 0 Å². The van der Waals surface area contributed by atoms with Crippen LogP contribution in [-0.2, 0) is 21.4 Å². The minimum absolute atomic E-state index is 0.103. The van der Waals surface area contributed by atoms with Gasteiger partial charge in [-0.05, 0) is 38.8 Å². The van der Waals surface area contributed by atoms with Gasteiger partial charge in [-0.1, -0.05) is 0 Å². The summed E-state index contributed by atoms with van der Waals surface area (Å²) in [4.78, 5) is 13.9. The molecule has 0 unspecified atom stereocenters. The maximum absolute atomic E-state index is 12.3. The van der Waals surface area contributed by atoms with Gasteiger partial charge in [-0.15, -0.1) is 11.8 Å². The molecule has 0 N–H and O–H groups in total. The van der Waals surface area contributed by atoms with Gasteiger partial charge in [-0.25, -0.2) is 12.7 Å². The van der Waals surface area contributed by atoms with Crippen LogP contribution in [-0.4, -0.2) is 52.5 Å². The van der Waals surface area contributed by atoms with E-state index in [0.29, 0.717) is 38.2 Å². The van der Waals surface area contributed by atoms with Gasteiger partial charge >= 0.3 is 0 Å². The van der Waals surface area contributed by atoms with Crippen molar-refractivity contribution in [1.82, 2.24) is 9.21 Å². The van der Waals surface area contributed by atoms with Crippen molar-refractivity contribution in [3.8, 4) is 0 Å². The van der Waals surface area contributed by atoms with E-state index in [2.05, 4.69) is 0 Å². The van der Waals surface area contributed by atoms with E-state index in [1.54, 1.807) is 36.2 Å². The Morgan fingerprint density at radius 1 is 1.35 bits per heavy atom. The van der Waals surface area contributed by atoms with Gasteiger partial charge in [0.2, 0.25) is 15.9 Å². The van der Waals surface area contributed by atoms with Crippen molar-refractivity contribution in [1.29, 1.82) is 0 Å². The normalized spacial score (nSPS) is 22.4. The molecule has 2 fully saturated rings. The molecular formula is C15H22N2O4S2. The summed E-state index contributed by atoms with van der Waals surface area (Å²) in [6.45, 7) is 4.80. The Labute approximate surface area is 141 Å². The van der Waals surface area contributed by atoms with E-state index in [4.69, 9.17) is 4.42 Å². The molecule has 1 spiro atoms. The molecule has 3 rings (SSSR count). The van der Waals surface area contributed by atoms with Crippen molar-refractivity contribution in [3.05, 3.63) is 24.2 Å². The fourth-order valence-electron chi connectivity index (χ4n) is 3.17. The van der Waals surface area contributed by atoms with Crippen molar-refractivity contribution in [2.75, 3.05) is 18.8 Å². The second kappa shape index (κ2) is 6.14. The molecule has 2 saturated heterocycles. The number of carbonyl (C=O) groups is 1. The lowest BCUT2D eigenvalue weighted by molar-refractivity contribution is -0.132. The van der Waals surface area contributed by atoms with Crippen LogP contribution >= 0.6 is 11.8 Å². The lowest BCUT2D eigenvalue weighted by atomic mass is 10.0. The van der Waals surface area contributed by atoms with Gasteiger partial charge in [0.25, 0.3) is 0 Å². The van der Waals surface area contributed by atoms with Crippen LogP contribution < -0.4 is 0 Å². The molecular weight excluding hydrogens is 336 g/mol. The Morgan fingerprint density at radius 2 is 2.04 bits per heavy atom. The first-order valence-corrected chi connectivity index (χ1v) is 10.3. The number of thioether (sulfide) groups is 1. The zero-order valence-corrected chi connectivity index (χ0v) is 15.0. The fourth-order valence-corrected chi connectivity index (χ4v) is 5.80. The zero-order chi connectivity index (χ0) is 16.7. The minimum Gasteiger partial charge on any atom is -0.467 e. The van der Waals surface area contributed by atoms with Crippen molar-refractivity contribution in [3.63, 3.8) is 0 Å². The van der Waals surface area contributed by atoms with Gasteiger partial charge in [0.05, 0.1) is 28.7 Å². The molecule has 23 heavy (non-hydrogen) atoms. The topological polar surface area (TPSA) is 70.8 Å². The number of furan rings is 1. The molecule has 0 saturated carbocycles. The summed E-state index contributed by atoms with van der Waals surface area (Å²) in [5.41, 5.74) is 0. The smallest absolute Gasteiger partial charge is 0.234 e. The van der Waals surface area contributed by atoms with E-state index in [1.807, 2.05) is 17.0 Å². The molecule has 1 amide bonds. The average Bonchev–Trinajstić information content (AvgIpc) is 3.12. The Morgan fingerprint density at radius 3 is 2.61 bits per heavy atom. The third-order valence-electron chi connectivity index (χ3n) is 4.61. The Kier molecular flexibility index (Phi) is 4.50. The molecule has 3 heterocycles. The number of sulfonamides is 1. The van der Waals surface area contributed by atoms with Crippen LogP contribution in [0.4, 0.5) is 0 Å². The summed E-state index contributed by atoms with van der Waals surface area (Å²) in [7, 11) is -3.22. The van der Waals surface area contributed by atoms with Crippen LogP contribution in [0.3, 0.4) is 0 Å². The van der Waals surface area contributed by atoms with E-state index in [1.165, 1.54) is 0 Å². The van der Waals surface area contributed by atoms with E-state index in [0.717, 1.165) is 5.76 Å². The zero-order valence-electron chi connectivity index (χ0n) is 13.4. The van der Waals surface area contributed by atoms with Crippen LogP contribution in [0.15, 0.2) is 22.8 Å². The van der Waals surface area contributed by atoms with E-state index in [-0.39, 0.29) is 10.8 Å². The summed E-state index contributed by atoms with van der Waals surface area (Å²) < 4.78 is 31.6. The number of hydrogen-bond acceptors (Lipinski definition) is 5. The average molecular weight is 358 g/mol. The van der Waals surface area contributed by atoms with Crippen molar-refractivity contribution >= 4 is 27.7 Å². The third kappa shape index (κ3) is 3.04. The number of piperidine rings is 1. The number of nitrogens with zero attached hydrogens (tertiary/aromatic N) is 2. The Hall–Kier alpha value is -0.990. The molecule has 0 atom stereocenters. The van der Waals surface area contributed by atoms with Crippen LogP contribution in [0.1, 0.15) is 32.4 Å². The highest BCUT2D eigenvalue weighted by Crippen LogP contribution is 2.45. The predicted molar refractivity (Wildman–Crippen MR) is 89.3 cm³/mol. The lowest BCUT2D eigenvalue weighted by Gasteiger charge is -2.43. The fraction of sp³-hybridized carbons (Fsp3) is 0.667. The maximum atomic E-state index is 12.3. The molecule has 0 radical (unpaired) electrons. The van der Waals surface area contributed by atoms with E-state index in [9.17, 15) is 13.2 Å². The van der Waals surface area contributed by atoms with Crippen LogP contribution in [0.5, 0.6) is 0 Å². The monoisotopic (exact) mass is 358 g/mol. The van der Waals surface area contributed by atoms with Crippen molar-refractivity contribution in [2.24, 2.45) is 0 Å². The molecule has 8 heteroatoms. The third-order valence-corrected chi connectivity index (χ3v) is 8.44. The van der Waals surface area contributed by atoms with Gasteiger partial charge in [0.1, 0.15) is 5.76 Å². The summed E-state index contributed by atoms with van der Waals surface area (Å²) in [5.74, 6) is 1.32. The molecule has 0 bridgehead atoms. The lowest BCUT2D eigenvalue weighted by Crippen LogP contribution is -2.53. The highest BCUT2D eigenvalue weighted by atomic mass is 32.2. The Bertz CT molecular complexity index is 662. The molecule has 1 aromatic heterocycles. The molecule has 6 nitrogen and oxygen atoms in total. The standard InChI is InChI=1S/C15H22N2O4S2/c1-12(2)23(19,20)16-7-5-15(6-8-16)17(14(18)11-22-15)10-13-4-3-9-21-13/h3-4,9,12H,5-8,10-11H2,1-2H3. The summed E-state index contributed by atoms with van der Waals surface area (Å²) in [6.07, 6.45) is 2.93. The molecule has 2 aliphatic heterocycles. The summed E-state index contributed by atoms with van der Waals surface area (Å²) in [5, 5.41) is -0.409. The largest absolute Gasteiger partial charge is 0.467 e. The number of carbonyl (C=O) groups excluding carboxylic acids is 1. The van der Waals surface area contributed by atoms with Crippen LogP contribution in [0.2, 0.25) is 0 Å². The van der Waals surface area contributed by atoms with Crippen molar-refractivity contribution < 1.29 is 17.6 Å². The van der Waals surface area contributed by atoms with Gasteiger partial charge in [0, 0.05) is 13.1 Å². The Balaban J connectivity index is 1.74. The summed E-state index contributed by atoms with van der Waals surface area (Å²) in [6, 6.07) is 3.68. The maximum Gasteiger partial charge on any atom is 0.234 e. The number of amides is 1. The van der Waals surface area contributed by atoms with Gasteiger partial charge < -0.3 is 9.32 Å². The first kappa shape index (κ1) is 16.9. The second-order valence-corrected chi connectivity index (χ2v) is 10.1. The molecule has 2 aliphatic rings. The SMILES string of the molecule is CC(C)S(=O)(=O)N1CCC2(CC1)SCC(=O)N2Cc1ccco1. The number of rotatable bonds is 4. The first-order valence-electron chi connectivity index (χ1n) is 7.81. The molecule has 1 aromatic rings. The molecule has 0 aromatic carbocycles. The van der Waals surface area contributed by atoms with Gasteiger partial charge in [-0.2, -0.15) is 0 Å². The first-order chi connectivity index (χ1) is 10.8. The van der Waals surface area contributed by atoms with E-state index < -0.39 is 15.3 Å². The quantitative estimate of drug-likeness (QED) is 0.822. The number of hydrogen-bond donors (Lipinski definition) is 0. The van der Waals surface area contributed by atoms with Crippen LogP contribution in [0.25, 0.3) is 0 Å². The predicted octanol–water partition coefficient (Wildman–Crippen LogP) is 1.89. The van der Waals surface area contributed by atoms with Gasteiger partial charge in [0.15, 0.2) is 0 Å². The van der Waals surface area contributed by atoms with Gasteiger partial charge in [-0.3, -0.25) is 4.79 Å². The molecule has 128 valence electrons. The summed E-state index contributed by atoms with van der Waals surface area (Å²) >= 11 is 1.64. The highest BCUT2D eigenvalue weighted by Gasteiger charge is 2.49. The second-order valence-electron chi connectivity index (χ2n) is 6.29. The van der Waals surface area contributed by atoms with E-state index >= 15 is 0 Å². The van der Waals surface area contributed by atoms with Crippen molar-refractivity contribution in [2.45, 2.75) is 43.4 Å². The molecule has 0 aliphatic carbocycles.